The second-order valence-corrected chi connectivity index (χ2v) is 5.51. The first kappa shape index (κ1) is 15.9. The zero-order valence-corrected chi connectivity index (χ0v) is 14.2. The highest BCUT2D eigenvalue weighted by molar-refractivity contribution is 9.10. The van der Waals surface area contributed by atoms with Crippen LogP contribution in [0, 0.1) is 0 Å². The van der Waals surface area contributed by atoms with Gasteiger partial charge in [-0.15, -0.1) is 0 Å². The van der Waals surface area contributed by atoms with Crippen LogP contribution in [0.5, 0.6) is 11.5 Å². The molecule has 0 amide bonds. The van der Waals surface area contributed by atoms with Gasteiger partial charge in [0, 0.05) is 6.54 Å². The molecule has 0 saturated carbocycles. The number of nitrogens with zero attached hydrogens (tertiary/aromatic N) is 1. The number of aromatic nitrogens is 1. The first-order chi connectivity index (χ1) is 10.1. The lowest BCUT2D eigenvalue weighted by Gasteiger charge is -2.14. The Morgan fingerprint density at radius 1 is 1.33 bits per heavy atom. The van der Waals surface area contributed by atoms with Crippen LogP contribution in [0.25, 0.3) is 0 Å². The molecule has 0 fully saturated rings. The third-order valence-corrected chi connectivity index (χ3v) is 3.61. The van der Waals surface area contributed by atoms with Gasteiger partial charge in [-0.3, -0.25) is 0 Å². The molecule has 0 saturated heterocycles. The van der Waals surface area contributed by atoms with Crippen LogP contribution < -0.4 is 14.8 Å². The lowest BCUT2D eigenvalue weighted by atomic mass is 10.2. The van der Waals surface area contributed by atoms with Crippen LogP contribution in [0.3, 0.4) is 0 Å². The second-order valence-electron chi connectivity index (χ2n) is 4.27. The van der Waals surface area contributed by atoms with Crippen LogP contribution in [-0.2, 0) is 6.54 Å². The Kier molecular flexibility index (Phi) is 5.70. The number of hydrogen-bond donors (Lipinski definition) is 1. The van der Waals surface area contributed by atoms with Crippen molar-refractivity contribution >= 4 is 33.2 Å². The fourth-order valence-corrected chi connectivity index (χ4v) is 2.56. The molecule has 0 spiro atoms. The lowest BCUT2D eigenvalue weighted by molar-refractivity contribution is 0.308. The molecule has 0 radical (unpaired) electrons. The third kappa shape index (κ3) is 4.25. The Morgan fingerprint density at radius 3 is 2.76 bits per heavy atom. The number of hydrogen-bond acceptors (Lipinski definition) is 4. The zero-order chi connectivity index (χ0) is 15.2. The van der Waals surface area contributed by atoms with Gasteiger partial charge in [-0.1, -0.05) is 11.6 Å². The van der Waals surface area contributed by atoms with E-state index in [0.717, 1.165) is 21.5 Å². The van der Waals surface area contributed by atoms with Crippen LogP contribution in [0.15, 0.2) is 34.9 Å². The molecule has 1 N–H and O–H groups in total. The number of ether oxygens (including phenoxy) is 2. The van der Waals surface area contributed by atoms with E-state index in [1.807, 2.05) is 25.1 Å². The highest BCUT2D eigenvalue weighted by Crippen LogP contribution is 2.36. The van der Waals surface area contributed by atoms with Crippen molar-refractivity contribution in [3.8, 4) is 11.5 Å². The lowest BCUT2D eigenvalue weighted by Crippen LogP contribution is -2.02. The van der Waals surface area contributed by atoms with E-state index in [1.54, 1.807) is 19.4 Å². The Morgan fingerprint density at radius 2 is 2.14 bits per heavy atom. The summed E-state index contributed by atoms with van der Waals surface area (Å²) < 4.78 is 11.8. The number of benzene rings is 1. The van der Waals surface area contributed by atoms with Crippen LogP contribution in [0.2, 0.25) is 5.15 Å². The highest BCUT2D eigenvalue weighted by Gasteiger charge is 2.11. The quantitative estimate of drug-likeness (QED) is 0.758. The summed E-state index contributed by atoms with van der Waals surface area (Å²) >= 11 is 9.27. The Labute approximate surface area is 137 Å². The average Bonchev–Trinajstić information content (AvgIpc) is 2.49. The summed E-state index contributed by atoms with van der Waals surface area (Å²) in [6.45, 7) is 3.17. The van der Waals surface area contributed by atoms with Crippen molar-refractivity contribution in [2.75, 3.05) is 19.0 Å². The van der Waals surface area contributed by atoms with Crippen molar-refractivity contribution in [3.05, 3.63) is 45.7 Å². The van der Waals surface area contributed by atoms with E-state index >= 15 is 0 Å². The number of methoxy groups -OCH3 is 1. The summed E-state index contributed by atoms with van der Waals surface area (Å²) in [7, 11) is 1.63. The summed E-state index contributed by atoms with van der Waals surface area (Å²) in [6.07, 6.45) is 1.70. The van der Waals surface area contributed by atoms with Crippen LogP contribution in [0.4, 0.5) is 5.69 Å². The third-order valence-electron chi connectivity index (χ3n) is 2.80. The molecule has 2 aromatic rings. The van der Waals surface area contributed by atoms with E-state index in [4.69, 9.17) is 21.1 Å². The number of nitrogens with one attached hydrogen (secondary N) is 1. The van der Waals surface area contributed by atoms with Crippen molar-refractivity contribution < 1.29 is 9.47 Å². The maximum atomic E-state index is 5.76. The minimum Gasteiger partial charge on any atom is -0.493 e. The van der Waals surface area contributed by atoms with Gasteiger partial charge in [0.15, 0.2) is 11.5 Å². The minimum atomic E-state index is 0.478. The van der Waals surface area contributed by atoms with Crippen LogP contribution >= 0.6 is 27.5 Å². The Balaban J connectivity index is 2.13. The summed E-state index contributed by atoms with van der Waals surface area (Å²) in [5.41, 5.74) is 1.97. The predicted octanol–water partition coefficient (Wildman–Crippen LogP) is 4.52. The van der Waals surface area contributed by atoms with Gasteiger partial charge in [0.05, 0.1) is 30.1 Å². The molecule has 1 aromatic carbocycles. The fraction of sp³-hybridized carbons (Fsp3) is 0.267. The fourth-order valence-electron chi connectivity index (χ4n) is 1.84. The molecule has 2 rings (SSSR count). The smallest absolute Gasteiger partial charge is 0.175 e. The van der Waals surface area contributed by atoms with Gasteiger partial charge in [-0.25, -0.2) is 4.98 Å². The summed E-state index contributed by atoms with van der Waals surface area (Å²) in [4.78, 5) is 4.03. The molecular weight excluding hydrogens is 356 g/mol. The van der Waals surface area contributed by atoms with E-state index in [1.165, 1.54) is 0 Å². The maximum Gasteiger partial charge on any atom is 0.175 e. The monoisotopic (exact) mass is 370 g/mol. The normalized spacial score (nSPS) is 10.3. The van der Waals surface area contributed by atoms with Gasteiger partial charge in [-0.2, -0.15) is 0 Å². The van der Waals surface area contributed by atoms with E-state index in [-0.39, 0.29) is 0 Å². The number of anilines is 1. The predicted molar refractivity (Wildman–Crippen MR) is 88.4 cm³/mol. The number of halogens is 2. The molecule has 1 aromatic heterocycles. The van der Waals surface area contributed by atoms with Gasteiger partial charge >= 0.3 is 0 Å². The first-order valence-corrected chi connectivity index (χ1v) is 7.65. The zero-order valence-electron chi connectivity index (χ0n) is 11.8. The van der Waals surface area contributed by atoms with Crippen molar-refractivity contribution in [1.82, 2.24) is 4.98 Å². The summed E-state index contributed by atoms with van der Waals surface area (Å²) in [6, 6.07) is 7.59. The maximum absolute atomic E-state index is 5.76. The summed E-state index contributed by atoms with van der Waals surface area (Å²) in [5, 5.41) is 3.76. The largest absolute Gasteiger partial charge is 0.493 e. The first-order valence-electron chi connectivity index (χ1n) is 6.48. The van der Waals surface area contributed by atoms with E-state index in [9.17, 15) is 0 Å². The van der Waals surface area contributed by atoms with Crippen molar-refractivity contribution in [2.45, 2.75) is 13.5 Å². The topological polar surface area (TPSA) is 43.4 Å². The van der Waals surface area contributed by atoms with E-state index in [2.05, 4.69) is 26.2 Å². The molecule has 0 aliphatic heterocycles. The van der Waals surface area contributed by atoms with Gasteiger partial charge in [0.1, 0.15) is 5.15 Å². The molecule has 0 aliphatic carbocycles. The van der Waals surface area contributed by atoms with Gasteiger partial charge < -0.3 is 14.8 Å². The molecule has 1 heterocycles. The summed E-state index contributed by atoms with van der Waals surface area (Å²) in [5.74, 6) is 1.43. The van der Waals surface area contributed by atoms with Crippen LogP contribution in [0.1, 0.15) is 12.5 Å². The molecule has 6 heteroatoms. The molecule has 0 unspecified atom stereocenters. The SMILES string of the molecule is CCOc1c(Br)cc(CNc2ccc(Cl)nc2)cc1OC. The Hall–Kier alpha value is -1.46. The average molecular weight is 372 g/mol. The minimum absolute atomic E-state index is 0.478. The van der Waals surface area contributed by atoms with Crippen LogP contribution in [-0.4, -0.2) is 18.7 Å². The van der Waals surface area contributed by atoms with E-state index in [0.29, 0.717) is 24.1 Å². The number of pyridine rings is 1. The highest BCUT2D eigenvalue weighted by atomic mass is 79.9. The second kappa shape index (κ2) is 7.52. The van der Waals surface area contributed by atoms with Gasteiger partial charge in [0.2, 0.25) is 0 Å². The molecule has 4 nitrogen and oxygen atoms in total. The van der Waals surface area contributed by atoms with Crippen molar-refractivity contribution in [3.63, 3.8) is 0 Å². The van der Waals surface area contributed by atoms with Crippen molar-refractivity contribution in [1.29, 1.82) is 0 Å². The standard InChI is InChI=1S/C15H16BrClN2O2/c1-3-21-15-12(16)6-10(7-13(15)20-2)8-18-11-4-5-14(17)19-9-11/h4-7,9,18H,3,8H2,1-2H3. The van der Waals surface area contributed by atoms with E-state index < -0.39 is 0 Å². The van der Waals surface area contributed by atoms with Gasteiger partial charge in [-0.05, 0) is 52.7 Å². The van der Waals surface area contributed by atoms with Crippen molar-refractivity contribution in [2.24, 2.45) is 0 Å². The molecule has 0 atom stereocenters. The molecule has 0 bridgehead atoms. The molecule has 112 valence electrons. The molecule has 21 heavy (non-hydrogen) atoms. The number of rotatable bonds is 6. The van der Waals surface area contributed by atoms with Gasteiger partial charge in [0.25, 0.3) is 0 Å². The Bertz CT molecular complexity index is 605. The molecular formula is C15H16BrClN2O2. The molecule has 0 aliphatic rings.